The van der Waals surface area contributed by atoms with Gasteiger partial charge in [0.25, 0.3) is 0 Å². The standard InChI is InChI=1S/C42H53N7O10/c1-26(50)35(45-41(56)58-3)39(54)48-22-8-12-33(48)37(52)43-30-18-14-28(15-19-30)24-47(32-10-6-5-7-11-32)25-29-16-20-31(21-17-29)44-38(53)34-13-9-23-49(34)40(55)36(27(2)51)46-42(57)59-4/h5-7,10-11,14-21,26-27,33-36,50-51H,8-9,12-13,22-25H2,1-4H3,(H,43,52)(H,44,53)(H,45,56)(H,46,57)/t26-,27-,33+,34+,35+,36+/m1/s1. The molecule has 6 amide bonds. The van der Waals surface area contributed by atoms with Crippen molar-refractivity contribution in [3.8, 4) is 0 Å². The number of carbonyl (C=O) groups is 6. The summed E-state index contributed by atoms with van der Waals surface area (Å²) in [6.45, 7) is 4.43. The van der Waals surface area contributed by atoms with Crippen LogP contribution in [-0.2, 0) is 41.7 Å². The van der Waals surface area contributed by atoms with Gasteiger partial charge in [-0.05, 0) is 87.1 Å². The van der Waals surface area contributed by atoms with Gasteiger partial charge in [0, 0.05) is 43.2 Å². The molecule has 2 aliphatic rings. The summed E-state index contributed by atoms with van der Waals surface area (Å²) in [7, 11) is 2.32. The number of para-hydroxylation sites is 1. The van der Waals surface area contributed by atoms with Gasteiger partial charge in [0.05, 0.1) is 26.4 Å². The predicted molar refractivity (Wildman–Crippen MR) is 218 cm³/mol. The lowest BCUT2D eigenvalue weighted by atomic mass is 10.1. The fourth-order valence-corrected chi connectivity index (χ4v) is 7.27. The smallest absolute Gasteiger partial charge is 0.407 e. The van der Waals surface area contributed by atoms with Crippen molar-refractivity contribution in [1.29, 1.82) is 0 Å². The fourth-order valence-electron chi connectivity index (χ4n) is 7.27. The Morgan fingerprint density at radius 3 is 1.39 bits per heavy atom. The Morgan fingerprint density at radius 1 is 0.644 bits per heavy atom. The van der Waals surface area contributed by atoms with Crippen molar-refractivity contribution in [2.75, 3.05) is 42.8 Å². The minimum Gasteiger partial charge on any atom is -0.453 e. The number of aliphatic hydroxyl groups excluding tert-OH is 2. The second-order valence-corrected chi connectivity index (χ2v) is 14.7. The van der Waals surface area contributed by atoms with Gasteiger partial charge >= 0.3 is 12.2 Å². The van der Waals surface area contributed by atoms with Gasteiger partial charge < -0.3 is 55.7 Å². The summed E-state index contributed by atoms with van der Waals surface area (Å²) in [6, 6.07) is 20.7. The fraction of sp³-hybridized carbons (Fsp3) is 0.429. The molecular weight excluding hydrogens is 763 g/mol. The molecule has 316 valence electrons. The summed E-state index contributed by atoms with van der Waals surface area (Å²) in [5, 5.41) is 30.9. The average Bonchev–Trinajstić information content (AvgIpc) is 3.94. The van der Waals surface area contributed by atoms with E-state index in [0.29, 0.717) is 63.2 Å². The summed E-state index contributed by atoms with van der Waals surface area (Å²) in [5.41, 5.74) is 4.02. The Labute approximate surface area is 343 Å². The number of amides is 6. The van der Waals surface area contributed by atoms with Crippen LogP contribution in [0.2, 0.25) is 0 Å². The normalized spacial score (nSPS) is 18.1. The third kappa shape index (κ3) is 11.5. The van der Waals surface area contributed by atoms with Crippen molar-refractivity contribution in [1.82, 2.24) is 20.4 Å². The molecule has 0 aromatic heterocycles. The SMILES string of the molecule is COC(=O)N[C@H](C(=O)N1CCC[C@H]1C(=O)Nc1ccc(CN(Cc2ccc(NC(=O)[C@@H]3CCCN3C(=O)[C@@H](NC(=O)OC)[C@@H](C)O)cc2)c2ccccc2)cc1)[C@@H](C)O. The molecule has 0 saturated carbocycles. The maximum absolute atomic E-state index is 13.4. The molecule has 6 atom stereocenters. The Hall–Kier alpha value is -6.20. The molecule has 5 rings (SSSR count). The third-order valence-corrected chi connectivity index (χ3v) is 10.4. The lowest BCUT2D eigenvalue weighted by molar-refractivity contribution is -0.140. The number of nitrogens with zero attached hydrogens (tertiary/aromatic N) is 3. The lowest BCUT2D eigenvalue weighted by Crippen LogP contribution is -2.56. The van der Waals surface area contributed by atoms with Gasteiger partial charge in [-0.3, -0.25) is 19.2 Å². The van der Waals surface area contributed by atoms with E-state index in [1.807, 2.05) is 54.6 Å². The zero-order chi connectivity index (χ0) is 42.6. The number of ether oxygens (including phenoxy) is 2. The third-order valence-electron chi connectivity index (χ3n) is 10.4. The van der Waals surface area contributed by atoms with Crippen LogP contribution >= 0.6 is 0 Å². The summed E-state index contributed by atoms with van der Waals surface area (Å²) in [5.74, 6) is -1.88. The maximum atomic E-state index is 13.4. The number of aliphatic hydroxyl groups is 2. The van der Waals surface area contributed by atoms with E-state index in [1.54, 1.807) is 24.3 Å². The number of nitrogens with one attached hydrogen (secondary N) is 4. The zero-order valence-electron chi connectivity index (χ0n) is 33.6. The molecule has 0 bridgehead atoms. The number of likely N-dealkylation sites (tertiary alicyclic amines) is 2. The van der Waals surface area contributed by atoms with Gasteiger partial charge in [-0.1, -0.05) is 42.5 Å². The number of hydrogen-bond acceptors (Lipinski definition) is 11. The molecule has 0 spiro atoms. The number of alkyl carbamates (subject to hydrolysis) is 2. The molecule has 2 heterocycles. The van der Waals surface area contributed by atoms with E-state index in [1.165, 1.54) is 23.6 Å². The highest BCUT2D eigenvalue weighted by molar-refractivity contribution is 5.99. The van der Waals surface area contributed by atoms with Crippen molar-refractivity contribution in [3.63, 3.8) is 0 Å². The summed E-state index contributed by atoms with van der Waals surface area (Å²) in [4.78, 5) is 81.8. The number of hydrogen-bond donors (Lipinski definition) is 6. The highest BCUT2D eigenvalue weighted by atomic mass is 16.5. The molecule has 3 aromatic carbocycles. The van der Waals surface area contributed by atoms with Crippen LogP contribution in [0.25, 0.3) is 0 Å². The monoisotopic (exact) mass is 815 g/mol. The molecule has 0 radical (unpaired) electrons. The summed E-state index contributed by atoms with van der Waals surface area (Å²) < 4.78 is 9.18. The number of carbonyl (C=O) groups excluding carboxylic acids is 6. The van der Waals surface area contributed by atoms with Crippen molar-refractivity contribution in [2.45, 2.75) is 89.0 Å². The van der Waals surface area contributed by atoms with Crippen LogP contribution in [0.5, 0.6) is 0 Å². The van der Waals surface area contributed by atoms with E-state index in [9.17, 15) is 39.0 Å². The molecule has 59 heavy (non-hydrogen) atoms. The molecule has 0 aliphatic carbocycles. The minimum absolute atomic E-state index is 0.306. The van der Waals surface area contributed by atoms with Crippen LogP contribution in [0.15, 0.2) is 78.9 Å². The zero-order valence-corrected chi connectivity index (χ0v) is 33.6. The van der Waals surface area contributed by atoms with E-state index >= 15 is 0 Å². The molecule has 0 unspecified atom stereocenters. The predicted octanol–water partition coefficient (Wildman–Crippen LogP) is 2.96. The highest BCUT2D eigenvalue weighted by Gasteiger charge is 2.41. The van der Waals surface area contributed by atoms with Gasteiger partial charge in [-0.25, -0.2) is 9.59 Å². The van der Waals surface area contributed by atoms with Gasteiger partial charge in [-0.15, -0.1) is 0 Å². The molecule has 17 heteroatoms. The Bertz CT molecular complexity index is 1810. The van der Waals surface area contributed by atoms with Crippen LogP contribution in [-0.4, -0.2) is 120 Å². The molecule has 2 saturated heterocycles. The maximum Gasteiger partial charge on any atom is 0.407 e. The second-order valence-electron chi connectivity index (χ2n) is 14.7. The first-order valence-electron chi connectivity index (χ1n) is 19.5. The first-order valence-corrected chi connectivity index (χ1v) is 19.5. The Balaban J connectivity index is 1.20. The van der Waals surface area contributed by atoms with Crippen LogP contribution in [0.3, 0.4) is 0 Å². The Morgan fingerprint density at radius 2 is 1.03 bits per heavy atom. The molecule has 2 aliphatic heterocycles. The van der Waals surface area contributed by atoms with Crippen LogP contribution in [0.1, 0.15) is 50.7 Å². The van der Waals surface area contributed by atoms with E-state index < -0.39 is 60.4 Å². The molecule has 2 fully saturated rings. The first-order chi connectivity index (χ1) is 28.3. The molecular formula is C42H53N7O10. The van der Waals surface area contributed by atoms with Crippen molar-refractivity contribution < 1.29 is 48.5 Å². The largest absolute Gasteiger partial charge is 0.453 e. The molecule has 3 aromatic rings. The number of benzene rings is 3. The van der Waals surface area contributed by atoms with Crippen molar-refractivity contribution in [3.05, 3.63) is 90.0 Å². The lowest BCUT2D eigenvalue weighted by Gasteiger charge is -2.29. The topological polar surface area (TPSA) is 219 Å². The van der Waals surface area contributed by atoms with Gasteiger partial charge in [0.1, 0.15) is 24.2 Å². The van der Waals surface area contributed by atoms with Crippen LogP contribution < -0.4 is 26.2 Å². The molecule has 6 N–H and O–H groups in total. The summed E-state index contributed by atoms with van der Waals surface area (Å²) >= 11 is 0. The quantitative estimate of drug-likeness (QED) is 0.131. The first kappa shape index (κ1) is 43.9. The van der Waals surface area contributed by atoms with Gasteiger partial charge in [0.15, 0.2) is 0 Å². The number of anilines is 3. The van der Waals surface area contributed by atoms with Crippen LogP contribution in [0.4, 0.5) is 26.7 Å². The van der Waals surface area contributed by atoms with E-state index in [0.717, 1.165) is 31.0 Å². The van der Waals surface area contributed by atoms with Crippen molar-refractivity contribution in [2.24, 2.45) is 0 Å². The highest BCUT2D eigenvalue weighted by Crippen LogP contribution is 2.25. The van der Waals surface area contributed by atoms with Crippen molar-refractivity contribution >= 4 is 52.9 Å². The average molecular weight is 816 g/mol. The second kappa shape index (κ2) is 20.5. The number of rotatable bonds is 15. The van der Waals surface area contributed by atoms with Crippen LogP contribution in [0, 0.1) is 0 Å². The Kier molecular flexibility index (Phi) is 15.2. The van der Waals surface area contributed by atoms with E-state index in [4.69, 9.17) is 0 Å². The minimum atomic E-state index is -1.26. The van der Waals surface area contributed by atoms with Gasteiger partial charge in [-0.2, -0.15) is 0 Å². The molecule has 17 nitrogen and oxygen atoms in total. The number of methoxy groups -OCH3 is 2. The van der Waals surface area contributed by atoms with E-state index in [-0.39, 0.29) is 11.8 Å². The summed E-state index contributed by atoms with van der Waals surface area (Å²) in [6.07, 6.45) is -2.08. The van der Waals surface area contributed by atoms with E-state index in [2.05, 4.69) is 35.6 Å². The van der Waals surface area contributed by atoms with Gasteiger partial charge in [0.2, 0.25) is 23.6 Å².